The van der Waals surface area contributed by atoms with Gasteiger partial charge in [-0.05, 0) is 45.7 Å². The van der Waals surface area contributed by atoms with E-state index < -0.39 is 17.3 Å². The van der Waals surface area contributed by atoms with Crippen molar-refractivity contribution in [2.75, 3.05) is 29.9 Å². The summed E-state index contributed by atoms with van der Waals surface area (Å²) in [5.74, 6) is -0.770. The van der Waals surface area contributed by atoms with Gasteiger partial charge in [0.15, 0.2) is 11.5 Å². The lowest BCUT2D eigenvalue weighted by Crippen LogP contribution is -2.58. The molecular formula is C29H34FN7O3. The van der Waals surface area contributed by atoms with Crippen LogP contribution >= 0.6 is 0 Å². The zero-order valence-electron chi connectivity index (χ0n) is 23.6. The second-order valence-corrected chi connectivity index (χ2v) is 11.5. The van der Waals surface area contributed by atoms with Gasteiger partial charge in [-0.15, -0.1) is 0 Å². The van der Waals surface area contributed by atoms with E-state index in [4.69, 9.17) is 4.74 Å². The third kappa shape index (κ3) is 5.41. The molecule has 1 N–H and O–H groups in total. The number of carbonyl (C=O) groups excluding carboxylic acids is 2. The summed E-state index contributed by atoms with van der Waals surface area (Å²) in [4.78, 5) is 43.5. The molecule has 3 aromatic heterocycles. The van der Waals surface area contributed by atoms with E-state index in [1.165, 1.54) is 6.07 Å². The van der Waals surface area contributed by atoms with Crippen molar-refractivity contribution < 1.29 is 18.7 Å². The molecule has 1 aromatic carbocycles. The summed E-state index contributed by atoms with van der Waals surface area (Å²) in [5.41, 5.74) is 2.76. The van der Waals surface area contributed by atoms with E-state index in [9.17, 15) is 14.0 Å². The average Bonchev–Trinajstić information content (AvgIpc) is 3.27. The van der Waals surface area contributed by atoms with Crippen LogP contribution in [0.3, 0.4) is 0 Å². The molecule has 1 fully saturated rings. The molecule has 210 valence electrons. The zero-order chi connectivity index (χ0) is 28.8. The maximum Gasteiger partial charge on any atom is 0.410 e. The van der Waals surface area contributed by atoms with Gasteiger partial charge in [0.25, 0.3) is 5.91 Å². The van der Waals surface area contributed by atoms with Gasteiger partial charge >= 0.3 is 6.09 Å². The average molecular weight is 548 g/mol. The van der Waals surface area contributed by atoms with Gasteiger partial charge in [-0.25, -0.2) is 14.2 Å². The van der Waals surface area contributed by atoms with Gasteiger partial charge in [0.05, 0.1) is 28.7 Å². The Morgan fingerprint density at radius 1 is 1.10 bits per heavy atom. The number of pyridine rings is 1. The normalized spacial score (nSPS) is 16.1. The first-order valence-electron chi connectivity index (χ1n) is 13.4. The number of anilines is 2. The van der Waals surface area contributed by atoms with Crippen LogP contribution in [0.4, 0.5) is 20.6 Å². The minimum atomic E-state index is -0.576. The molecule has 4 aromatic rings. The third-order valence-electron chi connectivity index (χ3n) is 6.89. The summed E-state index contributed by atoms with van der Waals surface area (Å²) in [6, 6.07) is 4.74. The van der Waals surface area contributed by atoms with Crippen molar-refractivity contribution >= 4 is 40.1 Å². The Bertz CT molecular complexity index is 1590. The lowest BCUT2D eigenvalue weighted by Gasteiger charge is -2.44. The number of nitrogens with zero attached hydrogens (tertiary/aromatic N) is 6. The highest BCUT2D eigenvalue weighted by Crippen LogP contribution is 2.31. The molecule has 1 aliphatic heterocycles. The first-order valence-corrected chi connectivity index (χ1v) is 13.4. The predicted molar refractivity (Wildman–Crippen MR) is 151 cm³/mol. The van der Waals surface area contributed by atoms with Crippen molar-refractivity contribution in [3.8, 4) is 0 Å². The summed E-state index contributed by atoms with van der Waals surface area (Å²) >= 11 is 0. The van der Waals surface area contributed by atoms with Crippen LogP contribution in [0.1, 0.15) is 50.7 Å². The fourth-order valence-corrected chi connectivity index (χ4v) is 5.07. The number of aromatic nitrogens is 4. The topological polar surface area (TPSA) is 105 Å². The van der Waals surface area contributed by atoms with Gasteiger partial charge in [-0.2, -0.15) is 0 Å². The smallest absolute Gasteiger partial charge is 0.410 e. The van der Waals surface area contributed by atoms with Crippen molar-refractivity contribution in [2.45, 2.75) is 53.2 Å². The number of ether oxygens (including phenoxy) is 1. The number of aryl methyl sites for hydroxylation is 1. The Morgan fingerprint density at radius 2 is 1.82 bits per heavy atom. The molecule has 0 spiro atoms. The maximum atomic E-state index is 14.6. The summed E-state index contributed by atoms with van der Waals surface area (Å²) in [6.07, 6.45) is 6.13. The molecule has 1 atom stereocenters. The van der Waals surface area contributed by atoms with E-state index in [2.05, 4.69) is 39.0 Å². The monoisotopic (exact) mass is 547 g/mol. The van der Waals surface area contributed by atoms with Crippen molar-refractivity contribution in [3.63, 3.8) is 0 Å². The zero-order valence-corrected chi connectivity index (χ0v) is 23.6. The van der Waals surface area contributed by atoms with Gasteiger partial charge < -0.3 is 24.3 Å². The molecule has 0 aliphatic carbocycles. The van der Waals surface area contributed by atoms with E-state index in [-0.39, 0.29) is 23.7 Å². The van der Waals surface area contributed by atoms with Crippen LogP contribution in [-0.4, -0.2) is 67.5 Å². The number of carbonyl (C=O) groups is 2. The second-order valence-electron chi connectivity index (χ2n) is 11.5. The molecule has 0 saturated carbocycles. The van der Waals surface area contributed by atoms with E-state index in [0.29, 0.717) is 47.6 Å². The number of fused-ring (bicyclic) bond motifs is 2. The molecule has 0 radical (unpaired) electrons. The molecular weight excluding hydrogens is 513 g/mol. The fourth-order valence-electron chi connectivity index (χ4n) is 5.07. The number of hydrogen-bond acceptors (Lipinski definition) is 7. The molecule has 5 rings (SSSR count). The maximum absolute atomic E-state index is 14.6. The van der Waals surface area contributed by atoms with Gasteiger partial charge in [-0.3, -0.25) is 14.8 Å². The highest BCUT2D eigenvalue weighted by atomic mass is 19.1. The Hall–Kier alpha value is -4.28. The van der Waals surface area contributed by atoms with Crippen LogP contribution in [0.2, 0.25) is 0 Å². The van der Waals surface area contributed by atoms with Crippen LogP contribution in [0.15, 0.2) is 43.0 Å². The number of benzene rings is 1. The van der Waals surface area contributed by atoms with E-state index in [0.717, 1.165) is 5.69 Å². The first-order chi connectivity index (χ1) is 18.9. The molecule has 4 heterocycles. The minimum absolute atomic E-state index is 0.0741. The fraction of sp³-hybridized carbons (Fsp3) is 0.414. The van der Waals surface area contributed by atoms with Gasteiger partial charge in [-0.1, -0.05) is 13.8 Å². The minimum Gasteiger partial charge on any atom is -0.444 e. The number of piperazine rings is 1. The molecule has 10 nitrogen and oxygen atoms in total. The van der Waals surface area contributed by atoms with E-state index in [1.54, 1.807) is 47.1 Å². The van der Waals surface area contributed by atoms with Crippen molar-refractivity contribution in [1.29, 1.82) is 0 Å². The second kappa shape index (κ2) is 10.4. The van der Waals surface area contributed by atoms with Crippen LogP contribution in [-0.2, 0) is 4.74 Å². The number of rotatable bonds is 4. The summed E-state index contributed by atoms with van der Waals surface area (Å²) in [6.45, 7) is 13.2. The molecule has 40 heavy (non-hydrogen) atoms. The molecule has 11 heteroatoms. The van der Waals surface area contributed by atoms with Crippen molar-refractivity contribution in [1.82, 2.24) is 24.3 Å². The first kappa shape index (κ1) is 27.3. The molecule has 0 bridgehead atoms. The van der Waals surface area contributed by atoms with E-state index >= 15 is 0 Å². The lowest BCUT2D eigenvalue weighted by molar-refractivity contribution is 0.00884. The number of halogens is 1. The molecule has 2 amide bonds. The van der Waals surface area contributed by atoms with Crippen LogP contribution < -0.4 is 10.2 Å². The largest absolute Gasteiger partial charge is 0.444 e. The predicted octanol–water partition coefficient (Wildman–Crippen LogP) is 5.06. The number of imidazole rings is 1. The highest BCUT2D eigenvalue weighted by Gasteiger charge is 2.35. The summed E-state index contributed by atoms with van der Waals surface area (Å²) in [7, 11) is 0. The number of hydrogen-bond donors (Lipinski definition) is 1. The third-order valence-corrected chi connectivity index (χ3v) is 6.89. The van der Waals surface area contributed by atoms with Crippen molar-refractivity contribution in [3.05, 3.63) is 60.1 Å². The summed E-state index contributed by atoms with van der Waals surface area (Å²) < 4.78 is 21.8. The Morgan fingerprint density at radius 3 is 2.52 bits per heavy atom. The SMILES string of the molecule is Cc1cn2cc(NC(=O)c3ccc(N4CCN(C(=O)OC(C)(C)C)C(C(C)C)C4)c4nccnc34)cc(F)c2n1. The van der Waals surface area contributed by atoms with Gasteiger partial charge in [0.1, 0.15) is 16.6 Å². The number of nitrogens with one attached hydrogen (secondary N) is 1. The van der Waals surface area contributed by atoms with Crippen LogP contribution in [0.5, 0.6) is 0 Å². The molecule has 1 saturated heterocycles. The molecule has 1 unspecified atom stereocenters. The standard InChI is InChI=1S/C29H34FN7O3/c1-17(2)23-16-35(11-12-37(23)28(39)40-29(4,5)6)22-8-7-20(24-25(22)32-10-9-31-24)27(38)34-19-13-21(30)26-33-18(3)14-36(26)15-19/h7-10,13-15,17,23H,11-12,16H2,1-6H3,(H,34,38). The highest BCUT2D eigenvalue weighted by molar-refractivity contribution is 6.13. The quantitative estimate of drug-likeness (QED) is 0.381. The van der Waals surface area contributed by atoms with E-state index in [1.807, 2.05) is 26.8 Å². The Kier molecular flexibility index (Phi) is 7.07. The van der Waals surface area contributed by atoms with Crippen LogP contribution in [0.25, 0.3) is 16.7 Å². The molecule has 1 aliphatic rings. The summed E-state index contributed by atoms with van der Waals surface area (Å²) in [5, 5.41) is 2.78. The van der Waals surface area contributed by atoms with Gasteiger partial charge in [0.2, 0.25) is 0 Å². The van der Waals surface area contributed by atoms with Gasteiger partial charge in [0, 0.05) is 50.5 Å². The Labute approximate surface area is 232 Å². The van der Waals surface area contributed by atoms with Crippen LogP contribution in [0, 0.1) is 18.7 Å². The van der Waals surface area contributed by atoms with Crippen molar-refractivity contribution in [2.24, 2.45) is 5.92 Å². The number of amides is 2. The Balaban J connectivity index is 1.42. The lowest BCUT2D eigenvalue weighted by atomic mass is 9.99.